The molecule has 1 N–H and O–H groups in total. The zero-order valence-electron chi connectivity index (χ0n) is 25.5. The smallest absolute Gasteiger partial charge is 0.219 e. The third kappa shape index (κ3) is 6.53. The van der Waals surface area contributed by atoms with Crippen molar-refractivity contribution in [2.45, 2.75) is 45.4 Å². The quantitative estimate of drug-likeness (QED) is 0.173. The number of carbonyl (C=O) groups is 1. The van der Waals surface area contributed by atoms with Crippen LogP contribution < -0.4 is 4.74 Å². The van der Waals surface area contributed by atoms with Crippen LogP contribution in [0.5, 0.6) is 5.88 Å². The van der Waals surface area contributed by atoms with Gasteiger partial charge in [-0.2, -0.15) is 5.26 Å². The minimum Gasteiger partial charge on any atom is -0.508 e. The number of pyridine rings is 1. The Kier molecular flexibility index (Phi) is 8.68. The number of hydrogen-bond donors (Lipinski definition) is 1. The molecule has 47 heavy (non-hydrogen) atoms. The van der Waals surface area contributed by atoms with E-state index in [1.807, 2.05) is 15.5 Å². The summed E-state index contributed by atoms with van der Waals surface area (Å²) in [7, 11) is 0. The van der Waals surface area contributed by atoms with Gasteiger partial charge in [0, 0.05) is 55.2 Å². The molecule has 1 saturated heterocycles. The molecule has 1 aliphatic heterocycles. The normalized spacial score (nSPS) is 14.4. The largest absolute Gasteiger partial charge is 0.508 e. The molecule has 1 amide bonds. The topological polar surface area (TPSA) is 104 Å². The summed E-state index contributed by atoms with van der Waals surface area (Å²) in [6.45, 7) is 6.02. The Morgan fingerprint density at radius 2 is 1.85 bits per heavy atom. The molecule has 0 radical (unpaired) electrons. The summed E-state index contributed by atoms with van der Waals surface area (Å²) >= 11 is 0. The number of aromatic nitrogens is 3. The molecule has 1 fully saturated rings. The van der Waals surface area contributed by atoms with E-state index in [2.05, 4.69) is 11.6 Å². The third-order valence-corrected chi connectivity index (χ3v) is 8.38. The first-order valence-electron chi connectivity index (χ1n) is 15.0. The maximum absolute atomic E-state index is 15.7. The summed E-state index contributed by atoms with van der Waals surface area (Å²) in [5.74, 6) is -1.55. The van der Waals surface area contributed by atoms with Crippen LogP contribution in [0.1, 0.15) is 47.8 Å². The van der Waals surface area contributed by atoms with E-state index < -0.39 is 17.5 Å². The molecule has 1 aliphatic rings. The second-order valence-electron chi connectivity index (χ2n) is 11.5. The average Bonchev–Trinajstić information content (AvgIpc) is 3.66. The third-order valence-electron chi connectivity index (χ3n) is 8.38. The van der Waals surface area contributed by atoms with Gasteiger partial charge in [-0.25, -0.2) is 23.1 Å². The van der Waals surface area contributed by atoms with E-state index in [0.717, 1.165) is 31.0 Å². The maximum atomic E-state index is 15.7. The predicted octanol–water partition coefficient (Wildman–Crippen LogP) is 7.10. The number of nitriles is 1. The van der Waals surface area contributed by atoms with Crippen molar-refractivity contribution >= 4 is 22.7 Å². The molecule has 1 atom stereocenters. The number of nitrogens with zero attached hydrogens (tertiary/aromatic N) is 5. The van der Waals surface area contributed by atoms with E-state index in [1.165, 1.54) is 31.2 Å². The van der Waals surface area contributed by atoms with Crippen LogP contribution in [0.3, 0.4) is 0 Å². The first-order valence-corrected chi connectivity index (χ1v) is 15.0. The highest BCUT2D eigenvalue weighted by molar-refractivity contribution is 5.80. The van der Waals surface area contributed by atoms with Gasteiger partial charge in [-0.15, -0.1) is 0 Å². The number of fused-ring (bicyclic) bond motifs is 1. The van der Waals surface area contributed by atoms with Crippen molar-refractivity contribution < 1.29 is 27.8 Å². The first-order chi connectivity index (χ1) is 22.6. The van der Waals surface area contributed by atoms with Crippen LogP contribution in [-0.4, -0.2) is 43.0 Å². The van der Waals surface area contributed by atoms with Crippen LogP contribution in [-0.2, 0) is 24.4 Å². The van der Waals surface area contributed by atoms with E-state index in [9.17, 15) is 14.3 Å². The van der Waals surface area contributed by atoms with E-state index in [1.54, 1.807) is 24.3 Å². The molecule has 0 aliphatic carbocycles. The van der Waals surface area contributed by atoms with Crippen molar-refractivity contribution in [1.29, 1.82) is 5.26 Å². The summed E-state index contributed by atoms with van der Waals surface area (Å²) < 4.78 is 53.1. The van der Waals surface area contributed by atoms with Crippen molar-refractivity contribution in [3.8, 4) is 23.2 Å². The minimum absolute atomic E-state index is 0.0314. The number of imidazole rings is 1. The molecule has 3 aromatic carbocycles. The fraction of sp³-hybridized carbons (Fsp3) is 0.222. The summed E-state index contributed by atoms with van der Waals surface area (Å²) in [6.07, 6.45) is 1.62. The fourth-order valence-electron chi connectivity index (χ4n) is 5.96. The summed E-state index contributed by atoms with van der Waals surface area (Å²) in [5.41, 5.74) is 2.31. The minimum atomic E-state index is -0.704. The van der Waals surface area contributed by atoms with Gasteiger partial charge in [-0.1, -0.05) is 18.7 Å². The summed E-state index contributed by atoms with van der Waals surface area (Å²) in [6, 6.07) is 17.8. The van der Waals surface area contributed by atoms with Gasteiger partial charge in [-0.05, 0) is 66.9 Å². The van der Waals surface area contributed by atoms with Gasteiger partial charge in [0.15, 0.2) is 0 Å². The molecule has 238 valence electrons. The second-order valence-corrected chi connectivity index (χ2v) is 11.5. The number of amides is 1. The van der Waals surface area contributed by atoms with E-state index in [-0.39, 0.29) is 64.6 Å². The van der Waals surface area contributed by atoms with Crippen LogP contribution in [0.4, 0.5) is 13.2 Å². The Balaban J connectivity index is 1.28. The Bertz CT molecular complexity index is 2070. The second kappa shape index (κ2) is 13.0. The molecule has 0 spiro atoms. The number of aliphatic hydroxyl groups is 1. The van der Waals surface area contributed by atoms with Crippen molar-refractivity contribution in [2.75, 3.05) is 6.54 Å². The Morgan fingerprint density at radius 1 is 1.04 bits per heavy atom. The Hall–Kier alpha value is -5.63. The summed E-state index contributed by atoms with van der Waals surface area (Å²) in [4.78, 5) is 23.1. The van der Waals surface area contributed by atoms with Gasteiger partial charge < -0.3 is 19.3 Å². The van der Waals surface area contributed by atoms with Crippen LogP contribution in [0.25, 0.3) is 28.0 Å². The van der Waals surface area contributed by atoms with Crippen molar-refractivity contribution in [3.63, 3.8) is 0 Å². The zero-order valence-corrected chi connectivity index (χ0v) is 25.5. The maximum Gasteiger partial charge on any atom is 0.219 e. The Morgan fingerprint density at radius 3 is 2.60 bits per heavy atom. The monoisotopic (exact) mass is 637 g/mol. The lowest BCUT2D eigenvalue weighted by molar-refractivity contribution is -0.129. The zero-order chi connectivity index (χ0) is 33.2. The molecule has 2 aromatic heterocycles. The summed E-state index contributed by atoms with van der Waals surface area (Å²) in [5, 5.41) is 19.0. The fourth-order valence-corrected chi connectivity index (χ4v) is 5.96. The van der Waals surface area contributed by atoms with Gasteiger partial charge in [0.2, 0.25) is 11.8 Å². The molecule has 5 aromatic rings. The number of benzene rings is 3. The first kappa shape index (κ1) is 31.4. The molecular weight excluding hydrogens is 607 g/mol. The highest BCUT2D eigenvalue weighted by Gasteiger charge is 2.28. The molecule has 0 unspecified atom stereocenters. The van der Waals surface area contributed by atoms with Crippen molar-refractivity contribution in [1.82, 2.24) is 19.4 Å². The molecule has 6 rings (SSSR count). The van der Waals surface area contributed by atoms with E-state index in [4.69, 9.17) is 15.0 Å². The highest BCUT2D eigenvalue weighted by Crippen LogP contribution is 2.30. The molecule has 3 heterocycles. The number of halogens is 3. The van der Waals surface area contributed by atoms with Gasteiger partial charge in [0.05, 0.1) is 28.4 Å². The average molecular weight is 638 g/mol. The predicted molar refractivity (Wildman–Crippen MR) is 170 cm³/mol. The lowest BCUT2D eigenvalue weighted by Gasteiger charge is -2.25. The number of aliphatic hydroxyl groups excluding tert-OH is 1. The van der Waals surface area contributed by atoms with Crippen LogP contribution >= 0.6 is 0 Å². The molecule has 8 nitrogen and oxygen atoms in total. The number of hydrogen-bond acceptors (Lipinski definition) is 6. The van der Waals surface area contributed by atoms with Gasteiger partial charge in [-0.3, -0.25) is 4.79 Å². The van der Waals surface area contributed by atoms with Gasteiger partial charge in [0.1, 0.15) is 35.6 Å². The standard InChI is InChI=1S/C36H30F3N5O3/c1-21(45)24-10-11-33-34(15-24)44(19-27-5-4-12-43(27)22(2)46)35(41-33)16-26-14-31(39)28(17-30(26)38)32-6-3-7-36(42-32)47-20-25-9-8-23(18-40)13-29(25)37/h3,6-11,13-15,17,27,45H,1,4-5,12,16,19-20H2,2H3/t27-/m1/s1. The van der Waals surface area contributed by atoms with Crippen LogP contribution in [0.2, 0.25) is 0 Å². The number of ether oxygens (including phenoxy) is 1. The highest BCUT2D eigenvalue weighted by atomic mass is 19.1. The lowest BCUT2D eigenvalue weighted by atomic mass is 10.0. The van der Waals surface area contributed by atoms with Crippen molar-refractivity contribution in [3.05, 3.63) is 119 Å². The molecular formula is C36H30F3N5O3. The van der Waals surface area contributed by atoms with Gasteiger partial charge in [0.25, 0.3) is 0 Å². The molecule has 0 saturated carbocycles. The molecule has 11 heteroatoms. The van der Waals surface area contributed by atoms with Crippen molar-refractivity contribution in [2.24, 2.45) is 0 Å². The number of likely N-dealkylation sites (tertiary alicyclic amines) is 1. The lowest BCUT2D eigenvalue weighted by Crippen LogP contribution is -2.36. The van der Waals surface area contributed by atoms with Crippen LogP contribution in [0.15, 0.2) is 73.3 Å². The number of carbonyl (C=O) groups excluding carboxylic acids is 1. The number of rotatable bonds is 9. The molecule has 0 bridgehead atoms. The van der Waals surface area contributed by atoms with Crippen LogP contribution in [0, 0.1) is 28.8 Å². The van der Waals surface area contributed by atoms with E-state index in [0.29, 0.717) is 35.5 Å². The Labute approximate surface area is 269 Å². The van der Waals surface area contributed by atoms with E-state index >= 15 is 8.78 Å². The SMILES string of the molecule is C=C(O)c1ccc2nc(Cc3cc(F)c(-c4cccc(OCc5ccc(C#N)cc5F)n4)cc3F)n(C[C@H]3CCCN3C(C)=O)c2c1. The van der Waals surface area contributed by atoms with Gasteiger partial charge >= 0.3 is 0 Å².